The number of methoxy groups -OCH3 is 1. The quantitative estimate of drug-likeness (QED) is 0.399. The fourth-order valence-electron chi connectivity index (χ4n) is 3.17. The second kappa shape index (κ2) is 10.7. The van der Waals surface area contributed by atoms with Crippen molar-refractivity contribution in [2.24, 2.45) is 0 Å². The number of ether oxygens (including phenoxy) is 2. The van der Waals surface area contributed by atoms with Crippen molar-refractivity contribution >= 4 is 19.2 Å². The van der Waals surface area contributed by atoms with Crippen LogP contribution in [0.1, 0.15) is 37.5 Å². The largest absolute Gasteiger partial charge is 0.467 e. The lowest BCUT2D eigenvalue weighted by Gasteiger charge is -2.22. The van der Waals surface area contributed by atoms with Crippen molar-refractivity contribution in [2.45, 2.75) is 39.3 Å². The fourth-order valence-corrected chi connectivity index (χ4v) is 4.50. The maximum Gasteiger partial charge on any atom is 0.188 e. The molecule has 1 atom stereocenters. The van der Waals surface area contributed by atoms with E-state index >= 15 is 0 Å². The Bertz CT molecular complexity index is 935. The molecule has 0 aliphatic carbocycles. The van der Waals surface area contributed by atoms with E-state index in [1.807, 2.05) is 0 Å². The van der Waals surface area contributed by atoms with Crippen LogP contribution in [0, 0.1) is 0 Å². The Labute approximate surface area is 182 Å². The summed E-state index contributed by atoms with van der Waals surface area (Å²) in [5, 5.41) is 6.16. The normalized spacial score (nSPS) is 11.9. The van der Waals surface area contributed by atoms with E-state index < -0.39 is 0 Å². The van der Waals surface area contributed by atoms with Gasteiger partial charge in [-0.1, -0.05) is 69.2 Å². The van der Waals surface area contributed by atoms with E-state index in [-0.39, 0.29) is 12.3 Å². The van der Waals surface area contributed by atoms with Crippen molar-refractivity contribution in [2.75, 3.05) is 13.9 Å². The number of benzene rings is 3. The van der Waals surface area contributed by atoms with Gasteiger partial charge < -0.3 is 14.8 Å². The van der Waals surface area contributed by atoms with Gasteiger partial charge in [-0.05, 0) is 61.3 Å². The predicted molar refractivity (Wildman–Crippen MR) is 129 cm³/mol. The van der Waals surface area contributed by atoms with Crippen LogP contribution >= 0.6 is 8.58 Å². The minimum atomic E-state index is 0.0819. The Morgan fingerprint density at radius 3 is 2.30 bits per heavy atom. The van der Waals surface area contributed by atoms with Gasteiger partial charge in [0.15, 0.2) is 6.79 Å². The minimum absolute atomic E-state index is 0.0819. The van der Waals surface area contributed by atoms with Crippen LogP contribution in [0.15, 0.2) is 72.8 Å². The van der Waals surface area contributed by atoms with Gasteiger partial charge in [0.1, 0.15) is 5.75 Å². The maximum absolute atomic E-state index is 5.89. The molecule has 0 saturated heterocycles. The van der Waals surface area contributed by atoms with Crippen LogP contribution in [-0.4, -0.2) is 19.4 Å². The molecule has 1 N–H and O–H groups in total. The fraction of sp³-hybridized carbons (Fsp3) is 0.308. The molecule has 0 heterocycles. The van der Waals surface area contributed by atoms with Gasteiger partial charge in [-0.2, -0.15) is 0 Å². The summed E-state index contributed by atoms with van der Waals surface area (Å²) in [6, 6.07) is 25.8. The lowest BCUT2D eigenvalue weighted by molar-refractivity contribution is 0.0519. The molecule has 4 heteroatoms. The van der Waals surface area contributed by atoms with Gasteiger partial charge in [-0.25, -0.2) is 0 Å². The average molecular weight is 422 g/mol. The van der Waals surface area contributed by atoms with E-state index in [2.05, 4.69) is 98.9 Å². The van der Waals surface area contributed by atoms with Crippen LogP contribution in [0.3, 0.4) is 0 Å². The zero-order valence-corrected chi connectivity index (χ0v) is 19.4. The molecule has 3 aromatic carbocycles. The van der Waals surface area contributed by atoms with E-state index in [1.54, 1.807) is 7.11 Å². The van der Waals surface area contributed by atoms with Crippen LogP contribution in [0.25, 0.3) is 0 Å². The van der Waals surface area contributed by atoms with Crippen LogP contribution in [0.2, 0.25) is 0 Å². The summed E-state index contributed by atoms with van der Waals surface area (Å²) >= 11 is 0. The highest BCUT2D eigenvalue weighted by atomic mass is 31.1. The van der Waals surface area contributed by atoms with E-state index in [0.29, 0.717) is 8.58 Å². The zero-order valence-electron chi connectivity index (χ0n) is 18.4. The van der Waals surface area contributed by atoms with Crippen molar-refractivity contribution < 1.29 is 9.47 Å². The van der Waals surface area contributed by atoms with Crippen molar-refractivity contribution in [1.29, 1.82) is 0 Å². The third kappa shape index (κ3) is 6.95. The second-order valence-electron chi connectivity index (χ2n) is 8.43. The Hall–Kier alpha value is -2.19. The highest BCUT2D eigenvalue weighted by molar-refractivity contribution is 7.55. The molecule has 3 nitrogen and oxygen atoms in total. The molecule has 3 rings (SSSR count). The molecule has 0 radical (unpaired) electrons. The van der Waals surface area contributed by atoms with Gasteiger partial charge in [0.25, 0.3) is 0 Å². The van der Waals surface area contributed by atoms with Crippen LogP contribution < -0.4 is 20.7 Å². The van der Waals surface area contributed by atoms with Crippen LogP contribution in [0.5, 0.6) is 5.75 Å². The summed E-state index contributed by atoms with van der Waals surface area (Å²) in [6.45, 7) is 7.69. The maximum atomic E-state index is 5.89. The summed E-state index contributed by atoms with van der Waals surface area (Å²) in [4.78, 5) is 0. The molecule has 0 aliphatic heterocycles. The van der Waals surface area contributed by atoms with E-state index in [9.17, 15) is 0 Å². The van der Waals surface area contributed by atoms with E-state index in [0.717, 1.165) is 18.7 Å². The SMILES string of the molecule is COCOc1ccc(Cc2ccccc2)cc1Pc1ccccc1CNC(C)(C)C. The topological polar surface area (TPSA) is 30.5 Å². The summed E-state index contributed by atoms with van der Waals surface area (Å²) in [7, 11) is 2.17. The van der Waals surface area contributed by atoms with Gasteiger partial charge >= 0.3 is 0 Å². The molecule has 0 aromatic heterocycles. The molecule has 3 aromatic rings. The van der Waals surface area contributed by atoms with Crippen molar-refractivity contribution in [3.63, 3.8) is 0 Å². The third-order valence-electron chi connectivity index (χ3n) is 4.72. The summed E-state index contributed by atoms with van der Waals surface area (Å²) < 4.78 is 11.0. The van der Waals surface area contributed by atoms with Crippen LogP contribution in [0.4, 0.5) is 0 Å². The Morgan fingerprint density at radius 2 is 1.57 bits per heavy atom. The number of rotatable bonds is 9. The first-order chi connectivity index (χ1) is 14.4. The van der Waals surface area contributed by atoms with Gasteiger partial charge in [0.05, 0.1) is 0 Å². The zero-order chi connectivity index (χ0) is 21.4. The summed E-state index contributed by atoms with van der Waals surface area (Å²) in [5.74, 6) is 0.894. The van der Waals surface area contributed by atoms with Crippen molar-refractivity contribution in [3.8, 4) is 5.75 Å². The minimum Gasteiger partial charge on any atom is -0.467 e. The predicted octanol–water partition coefficient (Wildman–Crippen LogP) is 4.78. The molecule has 1 unspecified atom stereocenters. The Kier molecular flexibility index (Phi) is 8.04. The van der Waals surface area contributed by atoms with Gasteiger partial charge in [-0.3, -0.25) is 0 Å². The molecule has 0 fully saturated rings. The lowest BCUT2D eigenvalue weighted by Crippen LogP contribution is -2.36. The molecule has 30 heavy (non-hydrogen) atoms. The first kappa shape index (κ1) is 22.5. The highest BCUT2D eigenvalue weighted by Gasteiger charge is 2.13. The number of nitrogens with one attached hydrogen (secondary N) is 1. The van der Waals surface area contributed by atoms with Gasteiger partial charge in [-0.15, -0.1) is 0 Å². The molecule has 0 amide bonds. The molecule has 0 bridgehead atoms. The molecular formula is C26H32NO2P. The second-order valence-corrected chi connectivity index (χ2v) is 9.76. The standard InChI is InChI=1S/C26H32NO2P/c1-26(2,3)27-18-22-12-8-9-13-24(22)30-25-17-21(14-15-23(25)29-19-28-4)16-20-10-6-5-7-11-20/h5-15,17,27,30H,16,18-19H2,1-4H3. The molecular weight excluding hydrogens is 389 g/mol. The first-order valence-electron chi connectivity index (χ1n) is 10.3. The van der Waals surface area contributed by atoms with Crippen LogP contribution in [-0.2, 0) is 17.7 Å². The monoisotopic (exact) mass is 421 g/mol. The van der Waals surface area contributed by atoms with Crippen molar-refractivity contribution in [1.82, 2.24) is 5.32 Å². The average Bonchev–Trinajstić information content (AvgIpc) is 2.73. The third-order valence-corrected chi connectivity index (χ3v) is 6.14. The van der Waals surface area contributed by atoms with E-state index in [1.165, 1.54) is 27.3 Å². The molecule has 0 spiro atoms. The molecule has 0 saturated carbocycles. The van der Waals surface area contributed by atoms with Gasteiger partial charge in [0.2, 0.25) is 0 Å². The first-order valence-corrected chi connectivity index (χ1v) is 11.3. The highest BCUT2D eigenvalue weighted by Crippen LogP contribution is 2.24. The van der Waals surface area contributed by atoms with E-state index in [4.69, 9.17) is 9.47 Å². The number of hydrogen-bond donors (Lipinski definition) is 1. The Balaban J connectivity index is 1.86. The smallest absolute Gasteiger partial charge is 0.188 e. The van der Waals surface area contributed by atoms with Crippen molar-refractivity contribution in [3.05, 3.63) is 89.5 Å². The molecule has 158 valence electrons. The summed E-state index contributed by atoms with van der Waals surface area (Å²) in [6.07, 6.45) is 0.913. The molecule has 0 aliphatic rings. The summed E-state index contributed by atoms with van der Waals surface area (Å²) in [5.41, 5.74) is 4.02. The van der Waals surface area contributed by atoms with Gasteiger partial charge in [0, 0.05) is 24.5 Å². The lowest BCUT2D eigenvalue weighted by atomic mass is 10.1. The number of hydrogen-bond acceptors (Lipinski definition) is 3. The Morgan fingerprint density at radius 1 is 0.833 bits per heavy atom.